The summed E-state index contributed by atoms with van der Waals surface area (Å²) in [6.45, 7) is 9.54. The van der Waals surface area contributed by atoms with Gasteiger partial charge in [0.05, 0.1) is 6.54 Å². The Hall–Kier alpha value is -1.24. The molecule has 2 rings (SSSR count). The van der Waals surface area contributed by atoms with Crippen molar-refractivity contribution in [3.05, 3.63) is 42.5 Å². The molecule has 1 aromatic rings. The van der Waals surface area contributed by atoms with Crippen molar-refractivity contribution in [2.45, 2.75) is 26.3 Å². The van der Waals surface area contributed by atoms with Crippen LogP contribution in [0.5, 0.6) is 0 Å². The molecule has 0 aromatic heterocycles. The third-order valence-corrected chi connectivity index (χ3v) is 3.94. The zero-order valence-electron chi connectivity index (χ0n) is 13.3. The summed E-state index contributed by atoms with van der Waals surface area (Å²) in [5.74, 6) is 1.32. The van der Waals surface area contributed by atoms with Crippen LogP contribution in [0, 0.1) is 5.92 Å². The van der Waals surface area contributed by atoms with Crippen LogP contribution in [0.3, 0.4) is 0 Å². The highest BCUT2D eigenvalue weighted by Gasteiger charge is 2.15. The highest BCUT2D eigenvalue weighted by Crippen LogP contribution is 2.23. The van der Waals surface area contributed by atoms with E-state index in [1.165, 1.54) is 24.1 Å². The Balaban J connectivity index is 0.00000242. The first-order valence-electron chi connectivity index (χ1n) is 7.67. The standard InChI is InChI=1S/C17H26N4.HI/c1-3-10-19-17(18)20-13-15-4-6-16(7-5-15)21-11-8-14(2)9-12-21;/h3-7,14H,1,8-13H2,2H3,(H3,18,19,20);1H. The molecule has 0 unspecified atom stereocenters. The van der Waals surface area contributed by atoms with Crippen LogP contribution in [-0.4, -0.2) is 25.6 Å². The zero-order valence-corrected chi connectivity index (χ0v) is 15.6. The smallest absolute Gasteiger partial charge is 0.189 e. The second kappa shape index (κ2) is 9.71. The van der Waals surface area contributed by atoms with E-state index < -0.39 is 0 Å². The molecule has 1 aromatic carbocycles. The van der Waals surface area contributed by atoms with Gasteiger partial charge in [-0.05, 0) is 36.5 Å². The first kappa shape index (κ1) is 18.8. The van der Waals surface area contributed by atoms with Crippen LogP contribution >= 0.6 is 24.0 Å². The fraction of sp³-hybridized carbons (Fsp3) is 0.471. The molecule has 0 radical (unpaired) electrons. The van der Waals surface area contributed by atoms with E-state index in [1.807, 2.05) is 0 Å². The number of nitrogens with one attached hydrogen (secondary N) is 1. The van der Waals surface area contributed by atoms with Crippen LogP contribution in [0.4, 0.5) is 5.69 Å². The molecule has 1 heterocycles. The van der Waals surface area contributed by atoms with Gasteiger partial charge in [0.1, 0.15) is 0 Å². The molecule has 1 aliphatic heterocycles. The van der Waals surface area contributed by atoms with Crippen LogP contribution in [0.2, 0.25) is 0 Å². The van der Waals surface area contributed by atoms with Crippen molar-refractivity contribution in [3.63, 3.8) is 0 Å². The van der Waals surface area contributed by atoms with E-state index in [0.717, 1.165) is 19.0 Å². The molecule has 0 aliphatic carbocycles. The number of nitrogens with two attached hydrogens (primary N) is 1. The Kier molecular flexibility index (Phi) is 8.30. The number of halogens is 1. The number of piperidine rings is 1. The Morgan fingerprint density at radius 3 is 2.59 bits per heavy atom. The average molecular weight is 414 g/mol. The maximum Gasteiger partial charge on any atom is 0.189 e. The number of hydrogen-bond acceptors (Lipinski definition) is 2. The fourth-order valence-electron chi connectivity index (χ4n) is 2.49. The Bertz CT molecular complexity index is 476. The minimum atomic E-state index is 0. The highest BCUT2D eigenvalue weighted by molar-refractivity contribution is 14.0. The van der Waals surface area contributed by atoms with E-state index in [9.17, 15) is 0 Å². The zero-order chi connectivity index (χ0) is 15.1. The van der Waals surface area contributed by atoms with Gasteiger partial charge in [-0.3, -0.25) is 0 Å². The molecule has 1 aliphatic rings. The predicted molar refractivity (Wildman–Crippen MR) is 106 cm³/mol. The van der Waals surface area contributed by atoms with Crippen molar-refractivity contribution in [2.75, 3.05) is 24.5 Å². The van der Waals surface area contributed by atoms with E-state index in [1.54, 1.807) is 6.08 Å². The van der Waals surface area contributed by atoms with Gasteiger partial charge in [0.2, 0.25) is 0 Å². The molecule has 5 heteroatoms. The molecule has 1 saturated heterocycles. The summed E-state index contributed by atoms with van der Waals surface area (Å²) in [4.78, 5) is 6.77. The molecule has 0 amide bonds. The number of aliphatic imine (C=N–C) groups is 1. The monoisotopic (exact) mass is 414 g/mol. The van der Waals surface area contributed by atoms with Crippen molar-refractivity contribution < 1.29 is 0 Å². The Morgan fingerprint density at radius 1 is 1.36 bits per heavy atom. The highest BCUT2D eigenvalue weighted by atomic mass is 127. The number of guanidine groups is 1. The van der Waals surface area contributed by atoms with E-state index in [4.69, 9.17) is 5.73 Å². The van der Waals surface area contributed by atoms with Crippen molar-refractivity contribution in [1.82, 2.24) is 5.32 Å². The molecule has 1 fully saturated rings. The van der Waals surface area contributed by atoms with Gasteiger partial charge < -0.3 is 16.0 Å². The molecular weight excluding hydrogens is 387 g/mol. The first-order valence-corrected chi connectivity index (χ1v) is 7.67. The van der Waals surface area contributed by atoms with Crippen molar-refractivity contribution in [1.29, 1.82) is 0 Å². The molecule has 0 atom stereocenters. The van der Waals surface area contributed by atoms with Crippen molar-refractivity contribution in [2.24, 2.45) is 16.6 Å². The number of anilines is 1. The lowest BCUT2D eigenvalue weighted by Crippen LogP contribution is -2.32. The number of hydrogen-bond donors (Lipinski definition) is 2. The lowest BCUT2D eigenvalue weighted by molar-refractivity contribution is 0.438. The summed E-state index contributed by atoms with van der Waals surface area (Å²) >= 11 is 0. The lowest BCUT2D eigenvalue weighted by atomic mass is 9.99. The van der Waals surface area contributed by atoms with Gasteiger partial charge >= 0.3 is 0 Å². The van der Waals surface area contributed by atoms with Crippen molar-refractivity contribution >= 4 is 35.6 Å². The maximum atomic E-state index is 5.75. The van der Waals surface area contributed by atoms with Gasteiger partial charge in [-0.2, -0.15) is 0 Å². The van der Waals surface area contributed by atoms with Gasteiger partial charge in [0, 0.05) is 25.3 Å². The van der Waals surface area contributed by atoms with Crippen molar-refractivity contribution in [3.8, 4) is 0 Å². The summed E-state index contributed by atoms with van der Waals surface area (Å²) in [6.07, 6.45) is 4.34. The van der Waals surface area contributed by atoms with E-state index in [0.29, 0.717) is 19.0 Å². The Morgan fingerprint density at radius 2 is 2.00 bits per heavy atom. The summed E-state index contributed by atoms with van der Waals surface area (Å²) in [7, 11) is 0. The van der Waals surface area contributed by atoms with Crippen LogP contribution in [0.25, 0.3) is 0 Å². The largest absolute Gasteiger partial charge is 0.372 e. The fourth-order valence-corrected chi connectivity index (χ4v) is 2.49. The number of rotatable bonds is 5. The second-order valence-electron chi connectivity index (χ2n) is 5.71. The molecular formula is C17H27IN4. The third kappa shape index (κ3) is 5.87. The molecule has 122 valence electrons. The molecule has 0 spiro atoms. The predicted octanol–water partition coefficient (Wildman–Crippen LogP) is 3.13. The van der Waals surface area contributed by atoms with E-state index in [2.05, 4.69) is 53.0 Å². The van der Waals surface area contributed by atoms with Crippen LogP contribution < -0.4 is 16.0 Å². The van der Waals surface area contributed by atoms with E-state index >= 15 is 0 Å². The van der Waals surface area contributed by atoms with E-state index in [-0.39, 0.29) is 24.0 Å². The molecule has 0 bridgehead atoms. The molecule has 22 heavy (non-hydrogen) atoms. The van der Waals surface area contributed by atoms with Gasteiger partial charge in [-0.1, -0.05) is 25.1 Å². The summed E-state index contributed by atoms with van der Waals surface area (Å²) < 4.78 is 0. The number of nitrogens with zero attached hydrogens (tertiary/aromatic N) is 2. The summed E-state index contributed by atoms with van der Waals surface area (Å²) in [5.41, 5.74) is 8.24. The van der Waals surface area contributed by atoms with Gasteiger partial charge in [-0.15, -0.1) is 30.6 Å². The first-order chi connectivity index (χ1) is 10.2. The SMILES string of the molecule is C=CCNC(N)=NCc1ccc(N2CCC(C)CC2)cc1.I. The summed E-state index contributed by atoms with van der Waals surface area (Å²) in [5, 5.41) is 2.97. The van der Waals surface area contributed by atoms with Crippen LogP contribution in [-0.2, 0) is 6.54 Å². The minimum absolute atomic E-state index is 0. The summed E-state index contributed by atoms with van der Waals surface area (Å²) in [6, 6.07) is 8.65. The minimum Gasteiger partial charge on any atom is -0.372 e. The van der Waals surface area contributed by atoms with Gasteiger partial charge in [-0.25, -0.2) is 4.99 Å². The average Bonchev–Trinajstić information content (AvgIpc) is 2.52. The topological polar surface area (TPSA) is 53.6 Å². The molecule has 3 N–H and O–H groups in total. The molecule has 0 saturated carbocycles. The third-order valence-electron chi connectivity index (χ3n) is 3.94. The number of benzene rings is 1. The van der Waals surface area contributed by atoms with Crippen LogP contribution in [0.15, 0.2) is 41.9 Å². The second-order valence-corrected chi connectivity index (χ2v) is 5.71. The van der Waals surface area contributed by atoms with Crippen LogP contribution in [0.1, 0.15) is 25.3 Å². The maximum absolute atomic E-state index is 5.75. The Labute approximate surface area is 150 Å². The molecule has 4 nitrogen and oxygen atoms in total. The quantitative estimate of drug-likeness (QED) is 0.337. The van der Waals surface area contributed by atoms with Gasteiger partial charge in [0.15, 0.2) is 5.96 Å². The normalized spacial score (nSPS) is 16.0. The van der Waals surface area contributed by atoms with Gasteiger partial charge in [0.25, 0.3) is 0 Å². The lowest BCUT2D eigenvalue weighted by Gasteiger charge is -2.32.